The average Bonchev–Trinajstić information content (AvgIpc) is 3.20. The highest BCUT2D eigenvalue weighted by Crippen LogP contribution is 2.35. The number of hydrogen-bond acceptors (Lipinski definition) is 7. The lowest BCUT2D eigenvalue weighted by Gasteiger charge is -2.26. The van der Waals surface area contributed by atoms with Gasteiger partial charge in [-0.15, -0.1) is 0 Å². The minimum atomic E-state index is -0.614. The summed E-state index contributed by atoms with van der Waals surface area (Å²) in [5.41, 5.74) is 9.64. The van der Waals surface area contributed by atoms with E-state index < -0.39 is 18.1 Å². The molecule has 0 aromatic heterocycles. The Morgan fingerprint density at radius 2 is 1.94 bits per heavy atom. The van der Waals surface area contributed by atoms with Crippen LogP contribution in [0.5, 0.6) is 11.5 Å². The van der Waals surface area contributed by atoms with Crippen molar-refractivity contribution in [2.45, 2.75) is 59.1 Å². The summed E-state index contributed by atoms with van der Waals surface area (Å²) in [6.45, 7) is 8.85. The van der Waals surface area contributed by atoms with E-state index in [1.54, 1.807) is 32.4 Å². The zero-order valence-corrected chi connectivity index (χ0v) is 21.0. The molecule has 4 atom stereocenters. The molecule has 0 N–H and O–H groups in total. The molecule has 1 saturated heterocycles. The molecule has 2 rings (SSSR count). The molecule has 4 unspecified atom stereocenters. The summed E-state index contributed by atoms with van der Waals surface area (Å²) in [5.74, 6) is 0.139. The van der Waals surface area contributed by atoms with E-state index in [-0.39, 0.29) is 29.5 Å². The van der Waals surface area contributed by atoms with E-state index >= 15 is 0 Å². The van der Waals surface area contributed by atoms with E-state index in [0.29, 0.717) is 49.5 Å². The highest BCUT2D eigenvalue weighted by atomic mass is 16.6. The number of ether oxygens (including phenoxy) is 4. The molecule has 0 radical (unpaired) electrons. The quantitative estimate of drug-likeness (QED) is 0.0908. The normalized spacial score (nSPS) is 19.5. The third-order valence-corrected chi connectivity index (χ3v) is 6.33. The van der Waals surface area contributed by atoms with Gasteiger partial charge in [0.05, 0.1) is 25.7 Å². The SMILES string of the molecule is COCCCOc1cc(C(=O)C(CC(N=[N+]=[N-])C2CC(C(C)C)C(=O)O2)C(C)C)ccc1OC. The molecular formula is C25H37N3O6. The van der Waals surface area contributed by atoms with Crippen LogP contribution in [0.15, 0.2) is 23.3 Å². The molecule has 1 fully saturated rings. The number of nitrogens with zero attached hydrogens (tertiary/aromatic N) is 3. The maximum absolute atomic E-state index is 13.5. The summed E-state index contributed by atoms with van der Waals surface area (Å²) in [4.78, 5) is 28.8. The van der Waals surface area contributed by atoms with Gasteiger partial charge in [-0.1, -0.05) is 32.8 Å². The van der Waals surface area contributed by atoms with Crippen LogP contribution in [0.1, 0.15) is 57.3 Å². The van der Waals surface area contributed by atoms with Crippen molar-refractivity contribution >= 4 is 11.8 Å². The minimum absolute atomic E-state index is 0.0185. The Kier molecular flexibility index (Phi) is 10.7. The van der Waals surface area contributed by atoms with E-state index in [1.807, 2.05) is 27.7 Å². The zero-order chi connectivity index (χ0) is 25.3. The number of cyclic esters (lactones) is 1. The summed E-state index contributed by atoms with van der Waals surface area (Å²) in [5, 5.41) is 3.93. The van der Waals surface area contributed by atoms with Gasteiger partial charge in [0, 0.05) is 36.5 Å². The Morgan fingerprint density at radius 1 is 1.21 bits per heavy atom. The largest absolute Gasteiger partial charge is 0.493 e. The molecule has 0 bridgehead atoms. The first-order valence-electron chi connectivity index (χ1n) is 11.8. The van der Waals surface area contributed by atoms with Crippen LogP contribution in [-0.2, 0) is 14.3 Å². The van der Waals surface area contributed by atoms with Crippen molar-refractivity contribution in [3.8, 4) is 11.5 Å². The molecule has 1 aliphatic heterocycles. The fourth-order valence-electron chi connectivity index (χ4n) is 4.24. The summed E-state index contributed by atoms with van der Waals surface area (Å²) < 4.78 is 21.8. The number of rotatable bonds is 14. The number of carbonyl (C=O) groups excluding carboxylic acids is 2. The standard InChI is InChI=1S/C25H37N3O6/c1-15(2)18(13-20(27-28-26)22-14-19(16(3)4)25(30)34-22)24(29)17-8-9-21(32-6)23(12-17)33-11-7-10-31-5/h8-9,12,15-16,18-20,22H,7,10-11,13-14H2,1-6H3. The van der Waals surface area contributed by atoms with Crippen LogP contribution in [0.4, 0.5) is 0 Å². The number of benzene rings is 1. The highest BCUT2D eigenvalue weighted by Gasteiger charge is 2.41. The second-order valence-corrected chi connectivity index (χ2v) is 9.34. The maximum Gasteiger partial charge on any atom is 0.309 e. The smallest absolute Gasteiger partial charge is 0.309 e. The van der Waals surface area contributed by atoms with Crippen LogP contribution in [0.2, 0.25) is 0 Å². The molecule has 9 heteroatoms. The van der Waals surface area contributed by atoms with Crippen LogP contribution in [0.25, 0.3) is 10.4 Å². The van der Waals surface area contributed by atoms with Gasteiger partial charge in [-0.3, -0.25) is 9.59 Å². The molecule has 0 aliphatic carbocycles. The first-order valence-corrected chi connectivity index (χ1v) is 11.8. The van der Waals surface area contributed by atoms with Crippen molar-refractivity contribution in [2.24, 2.45) is 28.8 Å². The highest BCUT2D eigenvalue weighted by molar-refractivity contribution is 5.98. The van der Waals surface area contributed by atoms with Gasteiger partial charge in [-0.25, -0.2) is 0 Å². The molecule has 0 spiro atoms. The van der Waals surface area contributed by atoms with Crippen LogP contribution in [-0.4, -0.2) is 51.3 Å². The predicted molar refractivity (Wildman–Crippen MR) is 128 cm³/mol. The minimum Gasteiger partial charge on any atom is -0.493 e. The summed E-state index contributed by atoms with van der Waals surface area (Å²) in [6, 6.07) is 4.51. The summed E-state index contributed by atoms with van der Waals surface area (Å²) >= 11 is 0. The van der Waals surface area contributed by atoms with Gasteiger partial charge in [0.25, 0.3) is 0 Å². The molecule has 1 aliphatic rings. The van der Waals surface area contributed by atoms with Gasteiger partial charge >= 0.3 is 5.97 Å². The Morgan fingerprint density at radius 3 is 2.50 bits per heavy atom. The fraction of sp³-hybridized carbons (Fsp3) is 0.680. The second-order valence-electron chi connectivity index (χ2n) is 9.34. The first-order chi connectivity index (χ1) is 16.2. The van der Waals surface area contributed by atoms with Crippen LogP contribution < -0.4 is 9.47 Å². The third kappa shape index (κ3) is 7.11. The lowest BCUT2D eigenvalue weighted by Crippen LogP contribution is -2.31. The van der Waals surface area contributed by atoms with Gasteiger partial charge in [0.15, 0.2) is 17.3 Å². The maximum atomic E-state index is 13.5. The van der Waals surface area contributed by atoms with Crippen molar-refractivity contribution in [1.29, 1.82) is 0 Å². The van der Waals surface area contributed by atoms with Gasteiger partial charge in [-0.05, 0) is 48.4 Å². The number of esters is 1. The number of carbonyl (C=O) groups is 2. The van der Waals surface area contributed by atoms with Crippen molar-refractivity contribution in [3.05, 3.63) is 34.2 Å². The third-order valence-electron chi connectivity index (χ3n) is 6.33. The fourth-order valence-corrected chi connectivity index (χ4v) is 4.24. The van der Waals surface area contributed by atoms with Crippen LogP contribution >= 0.6 is 0 Å². The lowest BCUT2D eigenvalue weighted by molar-refractivity contribution is -0.145. The van der Waals surface area contributed by atoms with Crippen molar-refractivity contribution in [3.63, 3.8) is 0 Å². The molecule has 34 heavy (non-hydrogen) atoms. The van der Waals surface area contributed by atoms with Crippen molar-refractivity contribution < 1.29 is 28.5 Å². The number of Topliss-reactive ketones (excluding diaryl/α,β-unsaturated/α-hetero) is 1. The molecular weight excluding hydrogens is 438 g/mol. The monoisotopic (exact) mass is 475 g/mol. The average molecular weight is 476 g/mol. The van der Waals surface area contributed by atoms with Crippen LogP contribution in [0, 0.1) is 23.7 Å². The Labute approximate surface area is 201 Å². The number of methoxy groups -OCH3 is 2. The Hall–Kier alpha value is -2.77. The van der Waals surface area contributed by atoms with Crippen molar-refractivity contribution in [2.75, 3.05) is 27.4 Å². The Bertz CT molecular complexity index is 881. The first kappa shape index (κ1) is 27.5. The topological polar surface area (TPSA) is 120 Å². The van der Waals surface area contributed by atoms with E-state index in [4.69, 9.17) is 24.5 Å². The van der Waals surface area contributed by atoms with Crippen molar-refractivity contribution in [1.82, 2.24) is 0 Å². The molecule has 0 amide bonds. The Balaban J connectivity index is 2.23. The van der Waals surface area contributed by atoms with Gasteiger partial charge in [0.2, 0.25) is 0 Å². The van der Waals surface area contributed by atoms with Gasteiger partial charge in [-0.2, -0.15) is 0 Å². The van der Waals surface area contributed by atoms with Crippen LogP contribution in [0.3, 0.4) is 0 Å². The second kappa shape index (κ2) is 13.2. The summed E-state index contributed by atoms with van der Waals surface area (Å²) in [7, 11) is 3.18. The van der Waals surface area contributed by atoms with E-state index in [9.17, 15) is 9.59 Å². The van der Waals surface area contributed by atoms with Gasteiger partial charge < -0.3 is 18.9 Å². The number of azide groups is 1. The molecule has 1 heterocycles. The summed E-state index contributed by atoms with van der Waals surface area (Å²) in [6.07, 6.45) is 0.957. The number of ketones is 1. The lowest BCUT2D eigenvalue weighted by atomic mass is 9.81. The molecule has 1 aromatic carbocycles. The molecule has 0 saturated carbocycles. The molecule has 1 aromatic rings. The number of hydrogen-bond donors (Lipinski definition) is 0. The van der Waals surface area contributed by atoms with Gasteiger partial charge in [0.1, 0.15) is 6.10 Å². The van der Waals surface area contributed by atoms with E-state index in [2.05, 4.69) is 10.0 Å². The molecule has 188 valence electrons. The van der Waals surface area contributed by atoms with E-state index in [1.165, 1.54) is 0 Å². The predicted octanol–water partition coefficient (Wildman–Crippen LogP) is 5.22. The molecule has 9 nitrogen and oxygen atoms in total. The van der Waals surface area contributed by atoms with E-state index in [0.717, 1.165) is 0 Å². The zero-order valence-electron chi connectivity index (χ0n) is 21.0.